The van der Waals surface area contributed by atoms with Gasteiger partial charge in [0.2, 0.25) is 5.91 Å². The normalized spacial score (nSPS) is 30.1. The second kappa shape index (κ2) is 8.21. The molecule has 1 aromatic rings. The Morgan fingerprint density at radius 1 is 1.09 bits per heavy atom. The molecule has 7 N–H and O–H groups in total. The summed E-state index contributed by atoms with van der Waals surface area (Å²) in [6, 6.07) is 1.95. The Morgan fingerprint density at radius 2 is 1.71 bits per heavy atom. The van der Waals surface area contributed by atoms with E-state index in [0.29, 0.717) is 5.56 Å². The standard InChI is InChI=1S/C24H27N3O8/c1-7-9-5-6-10(26-8(2)28)18(29)12(9)20(31)14-11(7)19(30)13-15(21(14)32)22(33)16(24(25)35)23(34)17(13)27(3)4/h5-7,11,13,15,17,19,29-31,34H,1-4H3,(H2,25,35)(H,26,28). The highest BCUT2D eigenvalue weighted by molar-refractivity contribution is 6.28. The minimum absolute atomic E-state index is 0.0148. The molecule has 2 amide bonds. The number of primary amides is 1. The van der Waals surface area contributed by atoms with Gasteiger partial charge in [-0.3, -0.25) is 24.1 Å². The van der Waals surface area contributed by atoms with E-state index >= 15 is 0 Å². The minimum Gasteiger partial charge on any atom is -0.510 e. The summed E-state index contributed by atoms with van der Waals surface area (Å²) in [5, 5.41) is 46.7. The van der Waals surface area contributed by atoms with Crippen LogP contribution in [0.15, 0.2) is 29.0 Å². The van der Waals surface area contributed by atoms with Crippen molar-refractivity contribution in [2.45, 2.75) is 31.9 Å². The molecule has 3 aliphatic carbocycles. The van der Waals surface area contributed by atoms with E-state index in [1.807, 2.05) is 0 Å². The summed E-state index contributed by atoms with van der Waals surface area (Å²) in [4.78, 5) is 52.0. The van der Waals surface area contributed by atoms with Gasteiger partial charge < -0.3 is 31.5 Å². The Kier molecular flexibility index (Phi) is 5.73. The molecule has 11 heteroatoms. The number of Topliss-reactive ketones (excluding diaryl/α,β-unsaturated/α-hetero) is 2. The van der Waals surface area contributed by atoms with Crippen molar-refractivity contribution in [3.05, 3.63) is 40.2 Å². The number of nitrogens with one attached hydrogen (secondary N) is 1. The third-order valence-electron chi connectivity index (χ3n) is 7.30. The van der Waals surface area contributed by atoms with Crippen molar-refractivity contribution in [1.29, 1.82) is 0 Å². The molecule has 0 aliphatic heterocycles. The summed E-state index contributed by atoms with van der Waals surface area (Å²) < 4.78 is 0. The van der Waals surface area contributed by atoms with E-state index in [1.165, 1.54) is 17.9 Å². The van der Waals surface area contributed by atoms with Gasteiger partial charge in [0.15, 0.2) is 11.6 Å². The van der Waals surface area contributed by atoms with Gasteiger partial charge in [0, 0.05) is 24.3 Å². The van der Waals surface area contributed by atoms with E-state index in [0.717, 1.165) is 0 Å². The molecule has 1 aromatic carbocycles. The molecule has 1 fully saturated rings. The number of carbonyl (C=O) groups is 4. The lowest BCUT2D eigenvalue weighted by Crippen LogP contribution is -2.61. The Morgan fingerprint density at radius 3 is 2.26 bits per heavy atom. The topological polar surface area (TPSA) is 190 Å². The van der Waals surface area contributed by atoms with E-state index in [9.17, 15) is 39.6 Å². The van der Waals surface area contributed by atoms with Gasteiger partial charge in [-0.2, -0.15) is 0 Å². The van der Waals surface area contributed by atoms with E-state index in [1.54, 1.807) is 27.1 Å². The molecule has 0 heterocycles. The number of hydrogen-bond donors (Lipinski definition) is 6. The number of hydrogen-bond acceptors (Lipinski definition) is 9. The fourth-order valence-electron chi connectivity index (χ4n) is 5.90. The second-order valence-electron chi connectivity index (χ2n) is 9.49. The number of ketones is 2. The lowest BCUT2D eigenvalue weighted by atomic mass is 9.56. The van der Waals surface area contributed by atoms with Crippen LogP contribution >= 0.6 is 0 Å². The van der Waals surface area contributed by atoms with Gasteiger partial charge in [0.1, 0.15) is 22.8 Å². The van der Waals surface area contributed by atoms with Crippen molar-refractivity contribution in [3.63, 3.8) is 0 Å². The van der Waals surface area contributed by atoms with Gasteiger partial charge in [-0.1, -0.05) is 13.0 Å². The number of aliphatic hydroxyl groups excluding tert-OH is 3. The van der Waals surface area contributed by atoms with Crippen LogP contribution in [0.25, 0.3) is 5.76 Å². The van der Waals surface area contributed by atoms with E-state index in [2.05, 4.69) is 5.32 Å². The minimum atomic E-state index is -1.58. The largest absolute Gasteiger partial charge is 0.510 e. The van der Waals surface area contributed by atoms with Crippen LogP contribution in [0.1, 0.15) is 30.9 Å². The average Bonchev–Trinajstić information content (AvgIpc) is 2.74. The number of fused-ring (bicyclic) bond motifs is 3. The van der Waals surface area contributed by atoms with Crippen LogP contribution in [-0.2, 0) is 19.2 Å². The van der Waals surface area contributed by atoms with Crippen molar-refractivity contribution in [2.75, 3.05) is 19.4 Å². The zero-order valence-electron chi connectivity index (χ0n) is 19.6. The molecule has 35 heavy (non-hydrogen) atoms. The predicted octanol–water partition coefficient (Wildman–Crippen LogP) is 0.339. The number of phenols is 1. The number of benzene rings is 1. The molecule has 0 saturated heterocycles. The van der Waals surface area contributed by atoms with E-state index in [4.69, 9.17) is 5.73 Å². The molecule has 0 aromatic heterocycles. The first-order chi connectivity index (χ1) is 16.3. The Bertz CT molecular complexity index is 1250. The fraction of sp³-hybridized carbons (Fsp3) is 0.417. The van der Waals surface area contributed by atoms with Gasteiger partial charge in [-0.05, 0) is 31.6 Å². The van der Waals surface area contributed by atoms with Crippen molar-refractivity contribution in [2.24, 2.45) is 23.5 Å². The third kappa shape index (κ3) is 3.34. The van der Waals surface area contributed by atoms with Crippen LogP contribution in [0, 0.1) is 17.8 Å². The first-order valence-electron chi connectivity index (χ1n) is 11.0. The van der Waals surface area contributed by atoms with Crippen molar-refractivity contribution >= 4 is 34.8 Å². The lowest BCUT2D eigenvalue weighted by molar-refractivity contribution is -0.144. The first kappa shape index (κ1) is 24.4. The molecular formula is C24H27N3O8. The van der Waals surface area contributed by atoms with Gasteiger partial charge in [0.05, 0.1) is 29.3 Å². The molecule has 6 unspecified atom stereocenters. The molecule has 4 rings (SSSR count). The molecule has 1 saturated carbocycles. The molecule has 6 atom stereocenters. The van der Waals surface area contributed by atoms with E-state index in [-0.39, 0.29) is 16.8 Å². The fourth-order valence-corrected chi connectivity index (χ4v) is 5.90. The first-order valence-corrected chi connectivity index (χ1v) is 11.0. The summed E-state index contributed by atoms with van der Waals surface area (Å²) in [6.45, 7) is 2.94. The number of nitrogens with zero attached hydrogens (tertiary/aromatic N) is 1. The van der Waals surface area contributed by atoms with Crippen LogP contribution in [0.3, 0.4) is 0 Å². The maximum atomic E-state index is 13.8. The number of rotatable bonds is 3. The molecule has 11 nitrogen and oxygen atoms in total. The van der Waals surface area contributed by atoms with Gasteiger partial charge >= 0.3 is 0 Å². The quantitative estimate of drug-likeness (QED) is 0.199. The van der Waals surface area contributed by atoms with Gasteiger partial charge in [0.25, 0.3) is 5.91 Å². The van der Waals surface area contributed by atoms with Crippen LogP contribution in [0.4, 0.5) is 5.69 Å². The van der Waals surface area contributed by atoms with E-state index < -0.39 is 82.0 Å². The molecular weight excluding hydrogens is 458 g/mol. The molecule has 0 radical (unpaired) electrons. The monoisotopic (exact) mass is 485 g/mol. The van der Waals surface area contributed by atoms with Crippen LogP contribution in [-0.4, -0.2) is 74.9 Å². The summed E-state index contributed by atoms with van der Waals surface area (Å²) in [5.74, 6) is -9.51. The molecule has 0 bridgehead atoms. The maximum absolute atomic E-state index is 13.8. The average molecular weight is 485 g/mol. The highest BCUT2D eigenvalue weighted by Crippen LogP contribution is 2.55. The number of phenolic OH excluding ortho intramolecular Hbond substituents is 1. The number of nitrogens with two attached hydrogens (primary N) is 1. The SMILES string of the molecule is CC(=O)Nc1ccc2c(c1O)C(O)=C1C(=O)C3C(=O)C(C(N)=O)=C(O)C(N(C)C)C3C(O)C1C2C. The number of aliphatic hydroxyl groups is 3. The molecule has 3 aliphatic rings. The number of anilines is 1. The van der Waals surface area contributed by atoms with Gasteiger partial charge in [-0.15, -0.1) is 0 Å². The molecule has 0 spiro atoms. The smallest absolute Gasteiger partial charge is 0.255 e. The summed E-state index contributed by atoms with van der Waals surface area (Å²) >= 11 is 0. The molecule has 186 valence electrons. The number of amides is 2. The zero-order chi connectivity index (χ0) is 26.1. The highest BCUT2D eigenvalue weighted by Gasteiger charge is 2.60. The summed E-state index contributed by atoms with van der Waals surface area (Å²) in [7, 11) is 3.13. The maximum Gasteiger partial charge on any atom is 0.255 e. The summed E-state index contributed by atoms with van der Waals surface area (Å²) in [5.41, 5.74) is 4.71. The Labute approximate surface area is 200 Å². The van der Waals surface area contributed by atoms with Crippen LogP contribution in [0.5, 0.6) is 5.75 Å². The number of aromatic hydroxyl groups is 1. The van der Waals surface area contributed by atoms with Gasteiger partial charge in [-0.25, -0.2) is 0 Å². The predicted molar refractivity (Wildman–Crippen MR) is 123 cm³/mol. The number of carbonyl (C=O) groups excluding carboxylic acids is 4. The van der Waals surface area contributed by atoms with Crippen LogP contribution < -0.4 is 11.1 Å². The van der Waals surface area contributed by atoms with Crippen molar-refractivity contribution in [1.82, 2.24) is 4.90 Å². The van der Waals surface area contributed by atoms with Crippen molar-refractivity contribution in [3.8, 4) is 5.75 Å². The Hall–Kier alpha value is -3.70. The lowest BCUT2D eigenvalue weighted by Gasteiger charge is -2.50. The highest BCUT2D eigenvalue weighted by atomic mass is 16.3. The summed E-state index contributed by atoms with van der Waals surface area (Å²) in [6.07, 6.45) is -1.39. The van der Waals surface area contributed by atoms with Crippen LogP contribution in [0.2, 0.25) is 0 Å². The zero-order valence-corrected chi connectivity index (χ0v) is 19.6. The number of likely N-dealkylation sites (N-methyl/N-ethyl adjacent to an activating group) is 1. The van der Waals surface area contributed by atoms with Crippen molar-refractivity contribution < 1.29 is 39.6 Å². The second-order valence-corrected chi connectivity index (χ2v) is 9.49. The Balaban J connectivity index is 1.96. The third-order valence-corrected chi connectivity index (χ3v) is 7.30.